The van der Waals surface area contributed by atoms with Crippen LogP contribution < -0.4 is 16.2 Å². The van der Waals surface area contributed by atoms with Gasteiger partial charge in [-0.15, -0.1) is 0 Å². The molecule has 0 radical (unpaired) electrons. The number of rotatable bonds is 5. The minimum absolute atomic E-state index is 0.0246. The fourth-order valence-electron chi connectivity index (χ4n) is 5.92. The van der Waals surface area contributed by atoms with E-state index in [1.54, 1.807) is 30.7 Å². The van der Waals surface area contributed by atoms with Crippen LogP contribution in [0.4, 0.5) is 5.82 Å². The molecule has 0 bridgehead atoms. The van der Waals surface area contributed by atoms with E-state index in [2.05, 4.69) is 35.9 Å². The zero-order valence-corrected chi connectivity index (χ0v) is 23.6. The van der Waals surface area contributed by atoms with Gasteiger partial charge in [0.15, 0.2) is 0 Å². The van der Waals surface area contributed by atoms with E-state index in [9.17, 15) is 4.79 Å². The number of halogens is 1. The van der Waals surface area contributed by atoms with Crippen LogP contribution in [0, 0.1) is 5.41 Å². The van der Waals surface area contributed by atoms with Crippen LogP contribution in [-0.2, 0) is 13.0 Å². The standard InChI is InChI=1S/C29H26ClN9OS/c30-26-22(4-3-20-25(26)28(40)39(17-37-20)15-18-5-9-32-16-36-18)41-24-14-34-23(13-35-24)38-10-6-29(7-11-38)12-21-19(27(29)31)2-1-8-33-21/h1-5,8-9,13-14,16-17,27H,6-7,10-12,15,31H2/t27-/m1/s1. The molecule has 10 nitrogen and oxygen atoms in total. The first-order chi connectivity index (χ1) is 20.0. The predicted molar refractivity (Wildman–Crippen MR) is 157 cm³/mol. The predicted octanol–water partition coefficient (Wildman–Crippen LogP) is 4.07. The van der Waals surface area contributed by atoms with Gasteiger partial charge in [0.05, 0.1) is 46.9 Å². The van der Waals surface area contributed by atoms with Crippen LogP contribution >= 0.6 is 23.4 Å². The van der Waals surface area contributed by atoms with Gasteiger partial charge in [-0.3, -0.25) is 14.3 Å². The highest BCUT2D eigenvalue weighted by Crippen LogP contribution is 2.50. The Morgan fingerprint density at radius 3 is 2.66 bits per heavy atom. The van der Waals surface area contributed by atoms with Crippen molar-refractivity contribution in [1.82, 2.24) is 34.5 Å². The van der Waals surface area contributed by atoms with Gasteiger partial charge in [0.1, 0.15) is 17.2 Å². The number of benzene rings is 1. The van der Waals surface area contributed by atoms with Crippen LogP contribution in [0.15, 0.2) is 82.5 Å². The topological polar surface area (TPSA) is 129 Å². The number of hydrogen-bond donors (Lipinski definition) is 1. The summed E-state index contributed by atoms with van der Waals surface area (Å²) in [6, 6.07) is 9.53. The molecule has 0 amide bonds. The fourth-order valence-corrected chi connectivity index (χ4v) is 7.05. The highest BCUT2D eigenvalue weighted by atomic mass is 35.5. The largest absolute Gasteiger partial charge is 0.355 e. The Hall–Kier alpha value is -3.93. The molecule has 12 heteroatoms. The van der Waals surface area contributed by atoms with Gasteiger partial charge in [-0.05, 0) is 54.5 Å². The molecule has 5 heterocycles. The molecule has 1 aliphatic heterocycles. The highest BCUT2D eigenvalue weighted by molar-refractivity contribution is 7.99. The summed E-state index contributed by atoms with van der Waals surface area (Å²) in [6.45, 7) is 2.01. The van der Waals surface area contributed by atoms with Gasteiger partial charge in [0, 0.05) is 42.1 Å². The monoisotopic (exact) mass is 583 g/mol. The molecule has 1 saturated heterocycles. The summed E-state index contributed by atoms with van der Waals surface area (Å²) < 4.78 is 1.50. The molecular weight excluding hydrogens is 558 g/mol. The SMILES string of the molecule is N[C@@H]1c2cccnc2CC12CCN(c1cnc(Sc3ccc4ncn(Cc5ccncn5)c(=O)c4c3Cl)cn1)CC2. The Balaban J connectivity index is 1.06. The number of hydrogen-bond acceptors (Lipinski definition) is 10. The average Bonchev–Trinajstić information content (AvgIpc) is 3.28. The second-order valence-electron chi connectivity index (χ2n) is 10.5. The first-order valence-corrected chi connectivity index (χ1v) is 14.6. The van der Waals surface area contributed by atoms with Crippen LogP contribution in [-0.4, -0.2) is 47.6 Å². The summed E-state index contributed by atoms with van der Waals surface area (Å²) in [7, 11) is 0. The quantitative estimate of drug-likeness (QED) is 0.323. The van der Waals surface area contributed by atoms with E-state index >= 15 is 0 Å². The lowest BCUT2D eigenvalue weighted by Crippen LogP contribution is -2.44. The van der Waals surface area contributed by atoms with Gasteiger partial charge in [0.25, 0.3) is 5.56 Å². The van der Waals surface area contributed by atoms with Crippen molar-refractivity contribution in [3.8, 4) is 0 Å². The summed E-state index contributed by atoms with van der Waals surface area (Å²) >= 11 is 8.13. The van der Waals surface area contributed by atoms with E-state index < -0.39 is 0 Å². The van der Waals surface area contributed by atoms with Crippen molar-refractivity contribution in [2.24, 2.45) is 11.1 Å². The number of nitrogens with zero attached hydrogens (tertiary/aromatic N) is 8. The van der Waals surface area contributed by atoms with Gasteiger partial charge < -0.3 is 10.6 Å². The van der Waals surface area contributed by atoms with E-state index in [1.807, 2.05) is 18.3 Å². The molecule has 1 fully saturated rings. The number of pyridine rings is 1. The first-order valence-electron chi connectivity index (χ1n) is 13.4. The van der Waals surface area contributed by atoms with Crippen molar-refractivity contribution in [3.05, 3.63) is 100 Å². The number of aromatic nitrogens is 7. The lowest BCUT2D eigenvalue weighted by atomic mass is 9.73. The minimum Gasteiger partial charge on any atom is -0.355 e. The molecule has 1 spiro atoms. The number of fused-ring (bicyclic) bond motifs is 2. The lowest BCUT2D eigenvalue weighted by molar-refractivity contribution is 0.186. The Bertz CT molecular complexity index is 1790. The smallest absolute Gasteiger partial charge is 0.263 e. The van der Waals surface area contributed by atoms with E-state index in [0.29, 0.717) is 31.5 Å². The van der Waals surface area contributed by atoms with Crippen LogP contribution in [0.2, 0.25) is 5.02 Å². The summed E-state index contributed by atoms with van der Waals surface area (Å²) in [5.41, 5.74) is 10.1. The number of nitrogens with two attached hydrogens (primary N) is 1. The molecule has 1 aliphatic carbocycles. The molecule has 4 aromatic heterocycles. The van der Waals surface area contributed by atoms with Gasteiger partial charge >= 0.3 is 0 Å². The molecule has 41 heavy (non-hydrogen) atoms. The van der Waals surface area contributed by atoms with Crippen molar-refractivity contribution >= 4 is 40.1 Å². The summed E-state index contributed by atoms with van der Waals surface area (Å²) in [4.78, 5) is 42.8. The number of anilines is 1. The van der Waals surface area contributed by atoms with Crippen molar-refractivity contribution in [2.75, 3.05) is 18.0 Å². The van der Waals surface area contributed by atoms with E-state index in [4.69, 9.17) is 22.3 Å². The Morgan fingerprint density at radius 1 is 1.02 bits per heavy atom. The van der Waals surface area contributed by atoms with Crippen molar-refractivity contribution in [3.63, 3.8) is 0 Å². The molecule has 0 saturated carbocycles. The molecule has 2 N–H and O–H groups in total. The van der Waals surface area contributed by atoms with Gasteiger partial charge in [0.2, 0.25) is 0 Å². The molecule has 1 atom stereocenters. The van der Waals surface area contributed by atoms with Crippen LogP contribution in [0.25, 0.3) is 10.9 Å². The third kappa shape index (κ3) is 4.73. The van der Waals surface area contributed by atoms with Crippen molar-refractivity contribution in [1.29, 1.82) is 0 Å². The summed E-state index contributed by atoms with van der Waals surface area (Å²) in [5.74, 6) is 0.841. The summed E-state index contributed by atoms with van der Waals surface area (Å²) in [5, 5.41) is 1.40. The fraction of sp³-hybridized carbons (Fsp3) is 0.276. The zero-order chi connectivity index (χ0) is 28.0. The van der Waals surface area contributed by atoms with E-state index in [1.165, 1.54) is 34.5 Å². The molecule has 0 unspecified atom stereocenters. The second kappa shape index (κ2) is 10.5. The normalized spacial score (nSPS) is 17.7. The van der Waals surface area contributed by atoms with E-state index in [0.717, 1.165) is 43.9 Å². The molecule has 5 aromatic rings. The Labute approximate surface area is 245 Å². The van der Waals surface area contributed by atoms with Gasteiger partial charge in [-0.25, -0.2) is 24.9 Å². The molecule has 2 aliphatic rings. The minimum atomic E-state index is -0.230. The maximum Gasteiger partial charge on any atom is 0.263 e. The first kappa shape index (κ1) is 26.0. The third-order valence-corrected chi connectivity index (χ3v) is 9.71. The van der Waals surface area contributed by atoms with Crippen LogP contribution in [0.3, 0.4) is 0 Å². The second-order valence-corrected chi connectivity index (χ2v) is 11.9. The summed E-state index contributed by atoms with van der Waals surface area (Å²) in [6.07, 6.45) is 12.9. The average molecular weight is 584 g/mol. The number of piperidine rings is 1. The molecule has 206 valence electrons. The van der Waals surface area contributed by atoms with Crippen LogP contribution in [0.1, 0.15) is 35.8 Å². The highest BCUT2D eigenvalue weighted by Gasteiger charge is 2.46. The Kier molecular flexibility index (Phi) is 6.64. The lowest BCUT2D eigenvalue weighted by Gasteiger charge is -2.42. The molecular formula is C29H26ClN9OS. The van der Waals surface area contributed by atoms with Crippen LogP contribution in [0.5, 0.6) is 0 Å². The zero-order valence-electron chi connectivity index (χ0n) is 22.0. The van der Waals surface area contributed by atoms with Crippen molar-refractivity contribution in [2.45, 2.75) is 41.8 Å². The van der Waals surface area contributed by atoms with Crippen molar-refractivity contribution < 1.29 is 0 Å². The maximum atomic E-state index is 13.3. The molecule has 1 aromatic carbocycles. The van der Waals surface area contributed by atoms with Gasteiger partial charge in [-0.2, -0.15) is 0 Å². The maximum absolute atomic E-state index is 13.3. The van der Waals surface area contributed by atoms with E-state index in [-0.39, 0.29) is 23.6 Å². The molecule has 7 rings (SSSR count). The third-order valence-electron chi connectivity index (χ3n) is 8.22. The van der Waals surface area contributed by atoms with Gasteiger partial charge in [-0.1, -0.05) is 29.4 Å². The Morgan fingerprint density at radius 2 is 1.90 bits per heavy atom.